The van der Waals surface area contributed by atoms with Gasteiger partial charge in [-0.1, -0.05) is 12.1 Å². The van der Waals surface area contributed by atoms with E-state index in [0.717, 1.165) is 5.56 Å². The number of benzene rings is 1. The predicted molar refractivity (Wildman–Crippen MR) is 126 cm³/mol. The molecular formula is C23H23N7NaO5+. The number of carboxylic acid groups (broad SMARTS) is 2. The van der Waals surface area contributed by atoms with Gasteiger partial charge in [0.05, 0.1) is 11.9 Å². The second kappa shape index (κ2) is 12.8. The zero-order valence-electron chi connectivity index (χ0n) is 19.5. The molecule has 0 saturated carbocycles. The summed E-state index contributed by atoms with van der Waals surface area (Å²) in [5, 5.41) is 20.3. The number of aliphatic carboxylic acids is 2. The van der Waals surface area contributed by atoms with Crippen LogP contribution in [0.4, 0.5) is 11.8 Å². The largest absolute Gasteiger partial charge is 1.00 e. The van der Waals surface area contributed by atoms with Crippen LogP contribution < -0.4 is 46.3 Å². The quantitative estimate of drug-likeness (QED) is 0.152. The van der Waals surface area contributed by atoms with Crippen LogP contribution >= 0.6 is 0 Å². The number of carbonyl (C=O) groups is 3. The summed E-state index contributed by atoms with van der Waals surface area (Å²) in [6.07, 6.45) is 7.32. The first kappa shape index (κ1) is 28.4. The molecule has 0 unspecified atom stereocenters. The van der Waals surface area contributed by atoms with Gasteiger partial charge in [-0.2, -0.15) is 9.97 Å². The predicted octanol–water partition coefficient (Wildman–Crippen LogP) is -2.01. The van der Waals surface area contributed by atoms with E-state index < -0.39 is 23.9 Å². The zero-order valence-corrected chi connectivity index (χ0v) is 21.5. The smallest absolute Gasteiger partial charge is 0.481 e. The topological polar surface area (TPSA) is 207 Å². The number of nitrogens with one attached hydrogen (secondary N) is 1. The molecule has 2 heterocycles. The Labute approximate surface area is 228 Å². The number of terminal acetylenes is 1. The van der Waals surface area contributed by atoms with E-state index >= 15 is 0 Å². The number of aromatic nitrogens is 4. The Morgan fingerprint density at radius 2 is 1.78 bits per heavy atom. The third-order valence-electron chi connectivity index (χ3n) is 5.22. The fraction of sp³-hybridized carbons (Fsp3) is 0.261. The number of hydrogen-bond donors (Lipinski definition) is 5. The van der Waals surface area contributed by atoms with Gasteiger partial charge < -0.3 is 27.0 Å². The van der Waals surface area contributed by atoms with E-state index in [1.807, 2.05) is 0 Å². The molecule has 13 heteroatoms. The van der Waals surface area contributed by atoms with E-state index in [9.17, 15) is 19.5 Å². The average molecular weight is 500 g/mol. The number of nitrogens with two attached hydrogens (primary N) is 2. The Balaban J connectivity index is 0.00000456. The molecule has 0 aliphatic carbocycles. The Hall–Kier alpha value is -3.79. The van der Waals surface area contributed by atoms with Crippen LogP contribution in [0.1, 0.15) is 46.8 Å². The summed E-state index contributed by atoms with van der Waals surface area (Å²) in [7, 11) is 0. The molecule has 12 nitrogen and oxygen atoms in total. The molecule has 0 saturated heterocycles. The normalized spacial score (nSPS) is 12.1. The molecule has 0 radical (unpaired) electrons. The molecule has 36 heavy (non-hydrogen) atoms. The second-order valence-corrected chi connectivity index (χ2v) is 7.73. The molecular weight excluding hydrogens is 477 g/mol. The Kier molecular flexibility index (Phi) is 10.1. The van der Waals surface area contributed by atoms with Crippen molar-refractivity contribution >= 4 is 40.8 Å². The average Bonchev–Trinajstić information content (AvgIpc) is 2.81. The zero-order chi connectivity index (χ0) is 25.5. The van der Waals surface area contributed by atoms with Crippen LogP contribution in [0.15, 0.2) is 30.5 Å². The summed E-state index contributed by atoms with van der Waals surface area (Å²) >= 11 is 0. The standard InChI is InChI=1S/C23H23N7O5.Na/c1-2-3-14(10-15-11-26-20-18(27-15)19(24)29-23(25)30-20)12-4-6-13(7-5-12)21(33)28-16(22(34)35)8-9-17(31)32;/h1,4-7,11,14,16H,3,8-10H2,(H,28,33)(H,31,32)(H,34,35)(H4,24,25,26,29,30);/q;+1/t14-,16+;/m1./s1. The van der Waals surface area contributed by atoms with Crippen molar-refractivity contribution < 1.29 is 54.2 Å². The van der Waals surface area contributed by atoms with Crippen molar-refractivity contribution in [1.29, 1.82) is 0 Å². The summed E-state index contributed by atoms with van der Waals surface area (Å²) in [6, 6.07) is 5.22. The molecule has 7 N–H and O–H groups in total. The number of carbonyl (C=O) groups excluding carboxylic acids is 1. The van der Waals surface area contributed by atoms with Crippen LogP contribution in [-0.4, -0.2) is 54.0 Å². The summed E-state index contributed by atoms with van der Waals surface area (Å²) in [6.45, 7) is 0. The maximum absolute atomic E-state index is 12.5. The van der Waals surface area contributed by atoms with E-state index in [4.69, 9.17) is 23.0 Å². The van der Waals surface area contributed by atoms with Gasteiger partial charge in [0.25, 0.3) is 5.91 Å². The summed E-state index contributed by atoms with van der Waals surface area (Å²) in [4.78, 5) is 51.2. The third-order valence-corrected chi connectivity index (χ3v) is 5.22. The number of nitrogens with zero attached hydrogens (tertiary/aromatic N) is 4. The van der Waals surface area contributed by atoms with Gasteiger partial charge in [0, 0.05) is 24.3 Å². The van der Waals surface area contributed by atoms with Gasteiger partial charge in [-0.15, -0.1) is 12.3 Å². The van der Waals surface area contributed by atoms with Crippen LogP contribution in [0.25, 0.3) is 11.2 Å². The molecule has 2 aromatic heterocycles. The monoisotopic (exact) mass is 500 g/mol. The van der Waals surface area contributed by atoms with Crippen LogP contribution in [0.5, 0.6) is 0 Å². The van der Waals surface area contributed by atoms with E-state index in [1.54, 1.807) is 30.5 Å². The molecule has 0 fully saturated rings. The molecule has 3 aromatic rings. The molecule has 180 valence electrons. The van der Waals surface area contributed by atoms with Gasteiger partial charge >= 0.3 is 41.5 Å². The van der Waals surface area contributed by atoms with Crippen molar-refractivity contribution in [2.45, 2.75) is 37.6 Å². The van der Waals surface area contributed by atoms with Crippen molar-refractivity contribution in [3.8, 4) is 12.3 Å². The number of rotatable bonds is 10. The van der Waals surface area contributed by atoms with Crippen LogP contribution in [0.2, 0.25) is 0 Å². The summed E-state index contributed by atoms with van der Waals surface area (Å²) in [5.41, 5.74) is 13.8. The summed E-state index contributed by atoms with van der Waals surface area (Å²) in [5.74, 6) is -0.479. The minimum Gasteiger partial charge on any atom is -0.481 e. The first-order valence-corrected chi connectivity index (χ1v) is 10.5. The molecule has 0 aliphatic heterocycles. The second-order valence-electron chi connectivity index (χ2n) is 7.73. The number of fused-ring (bicyclic) bond motifs is 1. The van der Waals surface area contributed by atoms with Crippen molar-refractivity contribution in [2.24, 2.45) is 0 Å². The van der Waals surface area contributed by atoms with E-state index in [-0.39, 0.29) is 71.3 Å². The number of nitrogen functional groups attached to an aromatic ring is 2. The van der Waals surface area contributed by atoms with Gasteiger partial charge in [0.1, 0.15) is 6.04 Å². The molecule has 0 spiro atoms. The summed E-state index contributed by atoms with van der Waals surface area (Å²) < 4.78 is 0. The fourth-order valence-corrected chi connectivity index (χ4v) is 3.46. The van der Waals surface area contributed by atoms with Crippen molar-refractivity contribution in [2.75, 3.05) is 11.5 Å². The van der Waals surface area contributed by atoms with Crippen molar-refractivity contribution in [1.82, 2.24) is 25.3 Å². The molecule has 2 atom stereocenters. The Morgan fingerprint density at radius 3 is 2.39 bits per heavy atom. The number of amides is 1. The first-order chi connectivity index (χ1) is 16.7. The molecule has 3 rings (SSSR count). The van der Waals surface area contributed by atoms with Crippen LogP contribution in [0.3, 0.4) is 0 Å². The SMILES string of the molecule is C#CC[C@H](Cc1cnc2nc(N)nc(N)c2n1)c1ccc(C(=O)N[C@@H](CCC(=O)O)C(=O)O)cc1.[Na+]. The first-order valence-electron chi connectivity index (χ1n) is 10.5. The minimum atomic E-state index is -1.31. The van der Waals surface area contributed by atoms with Crippen molar-refractivity contribution in [3.05, 3.63) is 47.3 Å². The van der Waals surface area contributed by atoms with Crippen LogP contribution in [0, 0.1) is 12.3 Å². The van der Waals surface area contributed by atoms with Gasteiger partial charge in [-0.25, -0.2) is 14.8 Å². The fourth-order valence-electron chi connectivity index (χ4n) is 3.46. The Morgan fingerprint density at radius 1 is 1.08 bits per heavy atom. The number of carboxylic acids is 2. The molecule has 0 bridgehead atoms. The molecule has 1 amide bonds. The van der Waals surface area contributed by atoms with E-state index in [0.29, 0.717) is 24.1 Å². The number of hydrogen-bond acceptors (Lipinski definition) is 9. The van der Waals surface area contributed by atoms with E-state index in [1.165, 1.54) is 0 Å². The van der Waals surface area contributed by atoms with Gasteiger partial charge in [0.15, 0.2) is 17.0 Å². The maximum atomic E-state index is 12.5. The van der Waals surface area contributed by atoms with Gasteiger partial charge in [0.2, 0.25) is 5.95 Å². The molecule has 1 aromatic carbocycles. The van der Waals surface area contributed by atoms with Gasteiger partial charge in [-0.3, -0.25) is 9.59 Å². The molecule has 0 aliphatic rings. The maximum Gasteiger partial charge on any atom is 1.00 e. The van der Waals surface area contributed by atoms with Crippen LogP contribution in [-0.2, 0) is 16.0 Å². The van der Waals surface area contributed by atoms with E-state index in [2.05, 4.69) is 31.2 Å². The van der Waals surface area contributed by atoms with Crippen molar-refractivity contribution in [3.63, 3.8) is 0 Å². The van der Waals surface area contributed by atoms with Gasteiger partial charge in [-0.05, 0) is 30.5 Å². The minimum absolute atomic E-state index is 0. The Bertz CT molecular complexity index is 1310. The number of anilines is 2. The third kappa shape index (κ3) is 7.35.